The van der Waals surface area contributed by atoms with Gasteiger partial charge >= 0.3 is 0 Å². The number of sulfonamides is 1. The van der Waals surface area contributed by atoms with E-state index in [0.29, 0.717) is 17.1 Å². The summed E-state index contributed by atoms with van der Waals surface area (Å²) >= 11 is 1.52. The van der Waals surface area contributed by atoms with Gasteiger partial charge in [-0.1, -0.05) is 57.2 Å². The third kappa shape index (κ3) is 4.79. The summed E-state index contributed by atoms with van der Waals surface area (Å²) in [4.78, 5) is 14.3. The molecule has 6 nitrogen and oxygen atoms in total. The number of ether oxygens (including phenoxy) is 1. The Hall–Kier alpha value is -2.97. The van der Waals surface area contributed by atoms with E-state index in [2.05, 4.69) is 26.1 Å². The standard InChI is InChI=1S/C26H28N2O4S2/c1-26(2,3)18-14-15-22-21(16-18)28(34(30,31)19-10-6-5-7-11-19)17-23(32-22)25(29)27-20-12-8-9-13-24(20)33-4/h5-16,23H,17H2,1-4H3,(H,27,29)/t23-/m0/s1. The van der Waals surface area contributed by atoms with E-state index in [1.54, 1.807) is 36.4 Å². The van der Waals surface area contributed by atoms with E-state index in [0.717, 1.165) is 10.5 Å². The molecule has 3 aromatic carbocycles. The molecule has 3 aromatic rings. The van der Waals surface area contributed by atoms with Gasteiger partial charge in [0.25, 0.3) is 15.9 Å². The van der Waals surface area contributed by atoms with Crippen LogP contribution in [-0.4, -0.2) is 33.2 Å². The van der Waals surface area contributed by atoms with Crippen molar-refractivity contribution in [3.63, 3.8) is 0 Å². The Labute approximate surface area is 205 Å². The lowest BCUT2D eigenvalue weighted by Gasteiger charge is -2.36. The second kappa shape index (κ2) is 9.35. The molecule has 0 unspecified atom stereocenters. The number of rotatable bonds is 5. The smallest absolute Gasteiger partial charge is 0.267 e. The molecule has 34 heavy (non-hydrogen) atoms. The average molecular weight is 497 g/mol. The number of benzene rings is 3. The number of fused-ring (bicyclic) bond motifs is 1. The number of thioether (sulfide) groups is 1. The van der Waals surface area contributed by atoms with Crippen molar-refractivity contribution in [2.75, 3.05) is 22.4 Å². The molecule has 0 radical (unpaired) electrons. The molecular weight excluding hydrogens is 468 g/mol. The van der Waals surface area contributed by atoms with Crippen molar-refractivity contribution in [3.05, 3.63) is 78.4 Å². The topological polar surface area (TPSA) is 75.7 Å². The van der Waals surface area contributed by atoms with Gasteiger partial charge in [-0.15, -0.1) is 11.8 Å². The molecule has 1 amide bonds. The van der Waals surface area contributed by atoms with Crippen LogP contribution in [0.4, 0.5) is 11.4 Å². The maximum Gasteiger partial charge on any atom is 0.267 e. The lowest BCUT2D eigenvalue weighted by atomic mass is 9.86. The van der Waals surface area contributed by atoms with Crippen molar-refractivity contribution < 1.29 is 17.9 Å². The fourth-order valence-electron chi connectivity index (χ4n) is 3.76. The first-order valence-electron chi connectivity index (χ1n) is 10.9. The zero-order valence-electron chi connectivity index (χ0n) is 19.6. The number of nitrogens with zero attached hydrogens (tertiary/aromatic N) is 1. The maximum absolute atomic E-state index is 13.7. The van der Waals surface area contributed by atoms with Crippen LogP contribution in [0.3, 0.4) is 0 Å². The lowest BCUT2D eigenvalue weighted by Crippen LogP contribution is -2.49. The van der Waals surface area contributed by atoms with E-state index in [4.69, 9.17) is 4.74 Å². The fourth-order valence-corrected chi connectivity index (χ4v) is 5.81. The van der Waals surface area contributed by atoms with E-state index < -0.39 is 22.0 Å². The number of hydrogen-bond acceptors (Lipinski definition) is 5. The number of para-hydroxylation sites is 1. The predicted molar refractivity (Wildman–Crippen MR) is 137 cm³/mol. The second-order valence-corrected chi connectivity index (χ2v) is 11.8. The van der Waals surface area contributed by atoms with Crippen LogP contribution < -0.4 is 14.4 Å². The molecule has 0 saturated heterocycles. The summed E-state index contributed by atoms with van der Waals surface area (Å²) in [5.74, 6) is -0.0441. The van der Waals surface area contributed by atoms with Crippen LogP contribution >= 0.6 is 11.8 Å². The van der Waals surface area contributed by atoms with Crippen LogP contribution in [-0.2, 0) is 20.2 Å². The summed E-state index contributed by atoms with van der Waals surface area (Å²) in [6.45, 7) is 6.06. The Balaban J connectivity index is 1.74. The van der Waals surface area contributed by atoms with Gasteiger partial charge in [0.2, 0.25) is 0 Å². The molecule has 0 saturated carbocycles. The van der Waals surface area contributed by atoms with Gasteiger partial charge in [0.15, 0.2) is 6.10 Å². The Bertz CT molecular complexity index is 1300. The highest BCUT2D eigenvalue weighted by molar-refractivity contribution is 7.98. The zero-order valence-corrected chi connectivity index (χ0v) is 21.2. The van der Waals surface area contributed by atoms with Crippen molar-refractivity contribution in [3.8, 4) is 5.75 Å². The first kappa shape index (κ1) is 24.2. The summed E-state index contributed by atoms with van der Waals surface area (Å²) in [6, 6.07) is 21.2. The Morgan fingerprint density at radius 2 is 1.71 bits per heavy atom. The summed E-state index contributed by atoms with van der Waals surface area (Å²) < 4.78 is 34.7. The molecule has 1 N–H and O–H groups in total. The first-order valence-corrected chi connectivity index (χ1v) is 13.6. The van der Waals surface area contributed by atoms with Crippen molar-refractivity contribution in [1.29, 1.82) is 0 Å². The van der Waals surface area contributed by atoms with Gasteiger partial charge in [0.1, 0.15) is 5.75 Å². The molecule has 0 aromatic heterocycles. The number of carbonyl (C=O) groups excluding carboxylic acids is 1. The van der Waals surface area contributed by atoms with Crippen molar-refractivity contribution in [2.45, 2.75) is 42.1 Å². The first-order chi connectivity index (χ1) is 16.1. The highest BCUT2D eigenvalue weighted by Crippen LogP contribution is 2.40. The molecular formula is C26H28N2O4S2. The van der Waals surface area contributed by atoms with Gasteiger partial charge in [-0.25, -0.2) is 8.42 Å². The number of amides is 1. The Morgan fingerprint density at radius 3 is 2.38 bits per heavy atom. The number of anilines is 2. The minimum atomic E-state index is -3.92. The summed E-state index contributed by atoms with van der Waals surface area (Å²) in [5, 5.41) is 2.90. The minimum Gasteiger partial charge on any atom is -0.476 e. The Kier molecular flexibility index (Phi) is 6.64. The average Bonchev–Trinajstić information content (AvgIpc) is 2.83. The number of hydrogen-bond donors (Lipinski definition) is 1. The van der Waals surface area contributed by atoms with E-state index in [1.807, 2.05) is 42.7 Å². The summed E-state index contributed by atoms with van der Waals surface area (Å²) in [5.41, 5.74) is 1.88. The third-order valence-corrected chi connectivity index (χ3v) is 8.27. The SMILES string of the molecule is CSc1ccccc1NC(=O)[C@@H]1CN(S(=O)(=O)c2ccccc2)c2cc(C(C)(C)C)ccc2O1. The number of carbonyl (C=O) groups is 1. The normalized spacial score (nSPS) is 15.9. The van der Waals surface area contributed by atoms with Gasteiger partial charge in [0, 0.05) is 4.90 Å². The highest BCUT2D eigenvalue weighted by atomic mass is 32.2. The maximum atomic E-state index is 13.7. The van der Waals surface area contributed by atoms with Crippen molar-refractivity contribution in [1.82, 2.24) is 0 Å². The summed E-state index contributed by atoms with van der Waals surface area (Å²) in [6.07, 6.45) is 0.917. The lowest BCUT2D eigenvalue weighted by molar-refractivity contribution is -0.122. The second-order valence-electron chi connectivity index (χ2n) is 9.08. The van der Waals surface area contributed by atoms with Crippen LogP contribution in [0.25, 0.3) is 0 Å². The predicted octanol–water partition coefficient (Wildman–Crippen LogP) is 5.30. The fraction of sp³-hybridized carbons (Fsp3) is 0.269. The Morgan fingerprint density at radius 1 is 1.03 bits per heavy atom. The highest BCUT2D eigenvalue weighted by Gasteiger charge is 2.38. The van der Waals surface area contributed by atoms with Crippen molar-refractivity contribution in [2.24, 2.45) is 0 Å². The number of nitrogens with one attached hydrogen (secondary N) is 1. The molecule has 178 valence electrons. The molecule has 4 rings (SSSR count). The third-order valence-electron chi connectivity index (χ3n) is 5.68. The van der Waals surface area contributed by atoms with Gasteiger partial charge in [-0.3, -0.25) is 9.10 Å². The molecule has 1 aliphatic heterocycles. The van der Waals surface area contributed by atoms with E-state index in [9.17, 15) is 13.2 Å². The summed E-state index contributed by atoms with van der Waals surface area (Å²) in [7, 11) is -3.92. The quantitative estimate of drug-likeness (QED) is 0.485. The van der Waals surface area contributed by atoms with E-state index in [1.165, 1.54) is 16.1 Å². The van der Waals surface area contributed by atoms with E-state index >= 15 is 0 Å². The molecule has 0 aliphatic carbocycles. The van der Waals surface area contributed by atoms with Gasteiger partial charge in [0.05, 0.1) is 22.8 Å². The monoisotopic (exact) mass is 496 g/mol. The van der Waals surface area contributed by atoms with E-state index in [-0.39, 0.29) is 16.9 Å². The van der Waals surface area contributed by atoms with Crippen LogP contribution in [0.2, 0.25) is 0 Å². The van der Waals surface area contributed by atoms with Crippen LogP contribution in [0, 0.1) is 0 Å². The molecule has 1 atom stereocenters. The molecule has 0 bridgehead atoms. The van der Waals surface area contributed by atoms with Crippen LogP contribution in [0.1, 0.15) is 26.3 Å². The molecule has 8 heteroatoms. The minimum absolute atomic E-state index is 0.134. The van der Waals surface area contributed by atoms with Crippen LogP contribution in [0.15, 0.2) is 82.6 Å². The molecule has 1 heterocycles. The van der Waals surface area contributed by atoms with Gasteiger partial charge in [-0.05, 0) is 53.6 Å². The van der Waals surface area contributed by atoms with Gasteiger partial charge < -0.3 is 10.1 Å². The molecule has 0 spiro atoms. The van der Waals surface area contributed by atoms with Crippen LogP contribution in [0.5, 0.6) is 5.75 Å². The largest absolute Gasteiger partial charge is 0.476 e. The molecule has 0 fully saturated rings. The zero-order chi connectivity index (χ0) is 24.5. The molecule has 1 aliphatic rings. The van der Waals surface area contributed by atoms with Crippen molar-refractivity contribution >= 4 is 39.1 Å². The van der Waals surface area contributed by atoms with Gasteiger partial charge in [-0.2, -0.15) is 0 Å².